The summed E-state index contributed by atoms with van der Waals surface area (Å²) in [6.07, 6.45) is 6.43. The second-order valence-electron chi connectivity index (χ2n) is 4.93. The first-order chi connectivity index (χ1) is 8.83. The number of aliphatic hydroxyl groups excluding tert-OH is 1. The Morgan fingerprint density at radius 3 is 3.22 bits per heavy atom. The van der Waals surface area contributed by atoms with E-state index in [-0.39, 0.29) is 0 Å². The first kappa shape index (κ1) is 13.3. The second kappa shape index (κ2) is 6.71. The third-order valence-corrected chi connectivity index (χ3v) is 3.66. The second-order valence-corrected chi connectivity index (χ2v) is 4.93. The quantitative estimate of drug-likeness (QED) is 0.808. The molecule has 2 heterocycles. The molecule has 18 heavy (non-hydrogen) atoms. The van der Waals surface area contributed by atoms with Crippen LogP contribution in [-0.4, -0.2) is 41.2 Å². The van der Waals surface area contributed by atoms with Gasteiger partial charge in [0.05, 0.1) is 0 Å². The minimum absolute atomic E-state index is 0.309. The molecule has 1 aliphatic rings. The molecule has 4 heteroatoms. The van der Waals surface area contributed by atoms with Gasteiger partial charge < -0.3 is 10.4 Å². The molecular formula is C14H23N3O. The zero-order valence-corrected chi connectivity index (χ0v) is 11.1. The number of likely N-dealkylation sites (tertiary alicyclic amines) is 1. The van der Waals surface area contributed by atoms with Crippen molar-refractivity contribution in [2.24, 2.45) is 0 Å². The van der Waals surface area contributed by atoms with Gasteiger partial charge in [0.25, 0.3) is 0 Å². The van der Waals surface area contributed by atoms with Crippen LogP contribution in [0.2, 0.25) is 0 Å². The highest BCUT2D eigenvalue weighted by Gasteiger charge is 2.23. The van der Waals surface area contributed by atoms with Gasteiger partial charge >= 0.3 is 0 Å². The van der Waals surface area contributed by atoms with Gasteiger partial charge in [-0.2, -0.15) is 0 Å². The molecule has 0 radical (unpaired) electrons. The number of rotatable bonds is 6. The highest BCUT2D eigenvalue weighted by molar-refractivity contribution is 5.36. The molecule has 0 spiro atoms. The molecule has 1 aliphatic heterocycles. The first-order valence-electron chi connectivity index (χ1n) is 6.81. The Labute approximate surface area is 109 Å². The van der Waals surface area contributed by atoms with Crippen molar-refractivity contribution in [2.45, 2.75) is 38.3 Å². The van der Waals surface area contributed by atoms with E-state index in [4.69, 9.17) is 5.11 Å². The highest BCUT2D eigenvalue weighted by atomic mass is 16.2. The number of nitrogens with zero attached hydrogens (tertiary/aromatic N) is 2. The van der Waals surface area contributed by atoms with Gasteiger partial charge in [-0.15, -0.1) is 0 Å². The van der Waals surface area contributed by atoms with E-state index in [0.717, 1.165) is 25.2 Å². The van der Waals surface area contributed by atoms with Gasteiger partial charge in [0.2, 0.25) is 0 Å². The SMILES string of the molecule is CNc1cc(CN2CCCC2CCCO)ccn1. The maximum atomic E-state index is 8.94. The Bertz CT molecular complexity index is 370. The third kappa shape index (κ3) is 3.43. The van der Waals surface area contributed by atoms with Crippen LogP contribution in [0.15, 0.2) is 18.3 Å². The predicted molar refractivity (Wildman–Crippen MR) is 73.5 cm³/mol. The summed E-state index contributed by atoms with van der Waals surface area (Å²) < 4.78 is 0. The molecule has 2 rings (SSSR count). The maximum Gasteiger partial charge on any atom is 0.125 e. The minimum atomic E-state index is 0.309. The van der Waals surface area contributed by atoms with E-state index in [0.29, 0.717) is 12.6 Å². The van der Waals surface area contributed by atoms with E-state index < -0.39 is 0 Å². The Hall–Kier alpha value is -1.13. The Morgan fingerprint density at radius 1 is 1.56 bits per heavy atom. The van der Waals surface area contributed by atoms with Crippen LogP contribution in [0, 0.1) is 0 Å². The minimum Gasteiger partial charge on any atom is -0.396 e. The van der Waals surface area contributed by atoms with Crippen LogP contribution in [0.1, 0.15) is 31.2 Å². The van der Waals surface area contributed by atoms with E-state index in [9.17, 15) is 0 Å². The van der Waals surface area contributed by atoms with Crippen LogP contribution in [-0.2, 0) is 6.54 Å². The zero-order chi connectivity index (χ0) is 12.8. The fraction of sp³-hybridized carbons (Fsp3) is 0.643. The number of anilines is 1. The molecule has 1 aromatic heterocycles. The number of nitrogens with one attached hydrogen (secondary N) is 1. The molecule has 2 N–H and O–H groups in total. The summed E-state index contributed by atoms with van der Waals surface area (Å²) in [6.45, 7) is 2.48. The molecule has 0 bridgehead atoms. The van der Waals surface area contributed by atoms with Crippen LogP contribution in [0.25, 0.3) is 0 Å². The number of aliphatic hydroxyl groups is 1. The van der Waals surface area contributed by atoms with Gasteiger partial charge in [-0.3, -0.25) is 4.90 Å². The van der Waals surface area contributed by atoms with Gasteiger partial charge in [0, 0.05) is 32.4 Å². The lowest BCUT2D eigenvalue weighted by Gasteiger charge is -2.24. The summed E-state index contributed by atoms with van der Waals surface area (Å²) in [7, 11) is 1.89. The Balaban J connectivity index is 1.94. The number of aromatic nitrogens is 1. The molecule has 0 aliphatic carbocycles. The molecule has 100 valence electrons. The Morgan fingerprint density at radius 2 is 2.44 bits per heavy atom. The van der Waals surface area contributed by atoms with Crippen molar-refractivity contribution in [1.29, 1.82) is 0 Å². The van der Waals surface area contributed by atoms with Crippen LogP contribution < -0.4 is 5.32 Å². The molecule has 4 nitrogen and oxygen atoms in total. The zero-order valence-electron chi connectivity index (χ0n) is 11.1. The summed E-state index contributed by atoms with van der Waals surface area (Å²) in [5.41, 5.74) is 1.31. The largest absolute Gasteiger partial charge is 0.396 e. The van der Waals surface area contributed by atoms with E-state index >= 15 is 0 Å². The summed E-state index contributed by atoms with van der Waals surface area (Å²) in [4.78, 5) is 6.77. The smallest absolute Gasteiger partial charge is 0.125 e. The van der Waals surface area contributed by atoms with Gasteiger partial charge in [0.15, 0.2) is 0 Å². The number of hydrogen-bond donors (Lipinski definition) is 2. The topological polar surface area (TPSA) is 48.4 Å². The van der Waals surface area contributed by atoms with Crippen molar-refractivity contribution < 1.29 is 5.11 Å². The monoisotopic (exact) mass is 249 g/mol. The average Bonchev–Trinajstić information content (AvgIpc) is 2.84. The first-order valence-corrected chi connectivity index (χ1v) is 6.81. The molecular weight excluding hydrogens is 226 g/mol. The van der Waals surface area contributed by atoms with E-state index in [1.54, 1.807) is 0 Å². The lowest BCUT2D eigenvalue weighted by atomic mass is 10.1. The fourth-order valence-corrected chi connectivity index (χ4v) is 2.70. The summed E-state index contributed by atoms with van der Waals surface area (Å²) in [5, 5.41) is 12.0. The van der Waals surface area contributed by atoms with Crippen molar-refractivity contribution in [2.75, 3.05) is 25.5 Å². The summed E-state index contributed by atoms with van der Waals surface area (Å²) in [5.74, 6) is 0.929. The molecule has 0 aromatic carbocycles. The Kier molecular flexibility index (Phi) is 4.96. The van der Waals surface area contributed by atoms with Crippen LogP contribution in [0.3, 0.4) is 0 Å². The van der Waals surface area contributed by atoms with Gasteiger partial charge in [-0.25, -0.2) is 4.98 Å². The van der Waals surface area contributed by atoms with Gasteiger partial charge in [-0.05, 0) is 49.9 Å². The average molecular weight is 249 g/mol. The predicted octanol–water partition coefficient (Wildman–Crippen LogP) is 1.86. The highest BCUT2D eigenvalue weighted by Crippen LogP contribution is 2.23. The molecule has 1 unspecified atom stereocenters. The summed E-state index contributed by atoms with van der Waals surface area (Å²) >= 11 is 0. The van der Waals surface area contributed by atoms with Crippen molar-refractivity contribution in [1.82, 2.24) is 9.88 Å². The number of hydrogen-bond acceptors (Lipinski definition) is 4. The normalized spacial score (nSPS) is 20.2. The lowest BCUT2D eigenvalue weighted by Crippen LogP contribution is -2.29. The van der Waals surface area contributed by atoms with Crippen molar-refractivity contribution in [3.05, 3.63) is 23.9 Å². The lowest BCUT2D eigenvalue weighted by molar-refractivity contribution is 0.210. The number of pyridine rings is 1. The van der Waals surface area contributed by atoms with Crippen LogP contribution >= 0.6 is 0 Å². The summed E-state index contributed by atoms with van der Waals surface area (Å²) in [6, 6.07) is 4.84. The van der Waals surface area contributed by atoms with Gasteiger partial charge in [0.1, 0.15) is 5.82 Å². The van der Waals surface area contributed by atoms with E-state index in [2.05, 4.69) is 27.3 Å². The molecule has 1 aromatic rings. The van der Waals surface area contributed by atoms with Crippen molar-refractivity contribution in [3.8, 4) is 0 Å². The fourth-order valence-electron chi connectivity index (χ4n) is 2.70. The maximum absolute atomic E-state index is 8.94. The molecule has 0 amide bonds. The van der Waals surface area contributed by atoms with E-state index in [1.165, 1.54) is 24.9 Å². The van der Waals surface area contributed by atoms with E-state index in [1.807, 2.05) is 13.2 Å². The van der Waals surface area contributed by atoms with Gasteiger partial charge in [-0.1, -0.05) is 0 Å². The standard InChI is InChI=1S/C14H23N3O/c1-15-14-10-12(6-7-16-14)11-17-8-2-4-13(17)5-3-9-18/h6-7,10,13,18H,2-5,8-9,11H2,1H3,(H,15,16). The van der Waals surface area contributed by atoms with Crippen LogP contribution in [0.5, 0.6) is 0 Å². The van der Waals surface area contributed by atoms with Crippen molar-refractivity contribution in [3.63, 3.8) is 0 Å². The molecule has 0 saturated carbocycles. The molecule has 1 saturated heterocycles. The van der Waals surface area contributed by atoms with Crippen molar-refractivity contribution >= 4 is 5.82 Å². The third-order valence-electron chi connectivity index (χ3n) is 3.66. The molecule has 1 atom stereocenters. The molecule has 1 fully saturated rings. The van der Waals surface area contributed by atoms with Crippen LogP contribution in [0.4, 0.5) is 5.82 Å².